The minimum absolute atomic E-state index is 0.822. The zero-order chi connectivity index (χ0) is 11.9. The fraction of sp³-hybridized carbons (Fsp3) is 0. The molecule has 86 valence electrons. The molecule has 3 N–H and O–H groups in total. The molecule has 0 radical (unpaired) electrons. The quantitative estimate of drug-likeness (QED) is 0.679. The van der Waals surface area contributed by atoms with Crippen molar-refractivity contribution in [3.8, 4) is 5.75 Å². The fourth-order valence-corrected chi connectivity index (χ4v) is 1.39. The number of hydrogen-bond donors (Lipinski definition) is 2. The van der Waals surface area contributed by atoms with E-state index in [-0.39, 0.29) is 0 Å². The second kappa shape index (κ2) is 5.61. The average molecular weight is 226 g/mol. The van der Waals surface area contributed by atoms with Crippen LogP contribution in [0.15, 0.2) is 60.8 Å². The summed E-state index contributed by atoms with van der Waals surface area (Å²) in [7, 11) is 0. The van der Waals surface area contributed by atoms with Gasteiger partial charge in [-0.3, -0.25) is 0 Å². The van der Waals surface area contributed by atoms with Gasteiger partial charge in [0.1, 0.15) is 0 Å². The van der Waals surface area contributed by atoms with E-state index in [9.17, 15) is 0 Å². The van der Waals surface area contributed by atoms with Crippen molar-refractivity contribution in [1.29, 1.82) is 0 Å². The maximum absolute atomic E-state index is 5.36. The molecule has 0 unspecified atom stereocenters. The smallest absolute Gasteiger partial charge is 0.162 e. The van der Waals surface area contributed by atoms with Crippen LogP contribution >= 0.6 is 0 Å². The number of nitrogens with one attached hydrogen (secondary N) is 1. The van der Waals surface area contributed by atoms with Crippen LogP contribution in [-0.4, -0.2) is 0 Å². The normalized spacial score (nSPS) is 11.3. The number of nitrogen functional groups attached to an aromatic ring is 1. The number of fused-ring (bicyclic) bond motifs is 1. The van der Waals surface area contributed by atoms with Gasteiger partial charge in [-0.05, 0) is 24.3 Å². The molecule has 0 saturated carbocycles. The van der Waals surface area contributed by atoms with Crippen molar-refractivity contribution in [2.75, 3.05) is 5.73 Å². The van der Waals surface area contributed by atoms with Gasteiger partial charge in [-0.1, -0.05) is 36.4 Å². The van der Waals surface area contributed by atoms with Crippen molar-refractivity contribution in [2.45, 2.75) is 0 Å². The van der Waals surface area contributed by atoms with E-state index in [4.69, 9.17) is 10.6 Å². The lowest BCUT2D eigenvalue weighted by Gasteiger charge is -2.11. The van der Waals surface area contributed by atoms with Crippen molar-refractivity contribution in [1.82, 2.24) is 5.48 Å². The molecule has 1 heterocycles. The summed E-state index contributed by atoms with van der Waals surface area (Å²) in [6, 6.07) is 17.3. The monoisotopic (exact) mass is 226 g/mol. The second-order valence-electron chi connectivity index (χ2n) is 3.50. The van der Waals surface area contributed by atoms with Gasteiger partial charge in [0.2, 0.25) is 0 Å². The number of anilines is 1. The van der Waals surface area contributed by atoms with Crippen LogP contribution in [0.3, 0.4) is 0 Å². The summed E-state index contributed by atoms with van der Waals surface area (Å²) < 4.78 is 0. The number of hydrogen-bond acceptors (Lipinski definition) is 3. The molecule has 0 amide bonds. The Labute approximate surface area is 100 Å². The van der Waals surface area contributed by atoms with E-state index in [1.165, 1.54) is 0 Å². The highest BCUT2D eigenvalue weighted by Crippen LogP contribution is 2.20. The molecule has 3 nitrogen and oxygen atoms in total. The number of nitrogens with two attached hydrogens (primary N) is 1. The van der Waals surface area contributed by atoms with Gasteiger partial charge < -0.3 is 10.6 Å². The summed E-state index contributed by atoms with van der Waals surface area (Å²) in [5, 5.41) is 0. The first-order valence-electron chi connectivity index (χ1n) is 5.35. The summed E-state index contributed by atoms with van der Waals surface area (Å²) in [6.07, 6.45) is 3.74. The molecule has 0 atom stereocenters. The first-order chi connectivity index (χ1) is 8.36. The van der Waals surface area contributed by atoms with Crippen molar-refractivity contribution >= 4 is 11.8 Å². The van der Waals surface area contributed by atoms with Crippen LogP contribution in [0.1, 0.15) is 5.56 Å². The Morgan fingerprint density at radius 3 is 2.24 bits per heavy atom. The third-order valence-corrected chi connectivity index (χ3v) is 2.22. The molecule has 1 aliphatic rings. The van der Waals surface area contributed by atoms with E-state index in [1.54, 1.807) is 6.20 Å². The van der Waals surface area contributed by atoms with Crippen LogP contribution in [0.2, 0.25) is 0 Å². The summed E-state index contributed by atoms with van der Waals surface area (Å²) >= 11 is 0. The van der Waals surface area contributed by atoms with Gasteiger partial charge in [0, 0.05) is 17.5 Å². The minimum atomic E-state index is 0.822. The van der Waals surface area contributed by atoms with Crippen LogP contribution < -0.4 is 16.1 Å². The molecule has 17 heavy (non-hydrogen) atoms. The van der Waals surface area contributed by atoms with Gasteiger partial charge in [-0.25, -0.2) is 5.48 Å². The molecule has 0 aromatic heterocycles. The molecule has 0 aliphatic carbocycles. The van der Waals surface area contributed by atoms with E-state index in [0.717, 1.165) is 17.0 Å². The van der Waals surface area contributed by atoms with Gasteiger partial charge >= 0.3 is 0 Å². The lowest BCUT2D eigenvalue weighted by atomic mass is 10.2. The SMILES string of the molecule is C1=Cc2ccccc2ON1.Nc1ccccc1. The van der Waals surface area contributed by atoms with Crippen molar-refractivity contribution < 1.29 is 4.84 Å². The largest absolute Gasteiger partial charge is 0.399 e. The number of hydroxylamine groups is 1. The molecule has 2 aromatic rings. The first kappa shape index (κ1) is 11.1. The lowest BCUT2D eigenvalue weighted by Crippen LogP contribution is -2.13. The minimum Gasteiger partial charge on any atom is -0.399 e. The number of para-hydroxylation sites is 2. The first-order valence-corrected chi connectivity index (χ1v) is 5.35. The van der Waals surface area contributed by atoms with Gasteiger partial charge in [0.15, 0.2) is 5.75 Å². The van der Waals surface area contributed by atoms with Crippen LogP contribution in [0.4, 0.5) is 5.69 Å². The summed E-state index contributed by atoms with van der Waals surface area (Å²) in [5.74, 6) is 0.880. The second-order valence-corrected chi connectivity index (χ2v) is 3.50. The Hall–Kier alpha value is -2.42. The van der Waals surface area contributed by atoms with Gasteiger partial charge in [0.25, 0.3) is 0 Å². The molecule has 0 saturated heterocycles. The van der Waals surface area contributed by atoms with Gasteiger partial charge in [0.05, 0.1) is 0 Å². The summed E-state index contributed by atoms with van der Waals surface area (Å²) in [6.45, 7) is 0. The third-order valence-electron chi connectivity index (χ3n) is 2.22. The summed E-state index contributed by atoms with van der Waals surface area (Å²) in [4.78, 5) is 5.09. The van der Waals surface area contributed by atoms with Crippen molar-refractivity contribution in [3.63, 3.8) is 0 Å². The maximum Gasteiger partial charge on any atom is 0.162 e. The summed E-state index contributed by atoms with van der Waals surface area (Å²) in [5.41, 5.74) is 9.95. The Morgan fingerprint density at radius 1 is 0.882 bits per heavy atom. The Bertz CT molecular complexity index is 495. The molecule has 1 aliphatic heterocycles. The predicted octanol–water partition coefficient (Wildman–Crippen LogP) is 2.82. The molecule has 3 rings (SSSR count). The molecular formula is C14H14N2O. The van der Waals surface area contributed by atoms with E-state index < -0.39 is 0 Å². The lowest BCUT2D eigenvalue weighted by molar-refractivity contribution is 0.239. The zero-order valence-electron chi connectivity index (χ0n) is 9.34. The Morgan fingerprint density at radius 2 is 1.59 bits per heavy atom. The van der Waals surface area contributed by atoms with Crippen LogP contribution in [-0.2, 0) is 0 Å². The molecule has 0 spiro atoms. The van der Waals surface area contributed by atoms with Crippen LogP contribution in [0.5, 0.6) is 5.75 Å². The fourth-order valence-electron chi connectivity index (χ4n) is 1.39. The number of rotatable bonds is 0. The van der Waals surface area contributed by atoms with E-state index in [2.05, 4.69) is 5.48 Å². The highest BCUT2D eigenvalue weighted by molar-refractivity contribution is 5.57. The standard InChI is InChI=1S/C8H7NO.C6H7N/c1-2-4-8-7(3-1)5-6-9-10-8;7-6-4-2-1-3-5-6/h1-6,9H;1-5H,7H2. The Kier molecular flexibility index (Phi) is 3.65. The van der Waals surface area contributed by atoms with Crippen molar-refractivity contribution in [3.05, 3.63) is 66.4 Å². The van der Waals surface area contributed by atoms with Gasteiger partial charge in [-0.2, -0.15) is 0 Å². The molecule has 2 aromatic carbocycles. The van der Waals surface area contributed by atoms with Crippen LogP contribution in [0.25, 0.3) is 6.08 Å². The van der Waals surface area contributed by atoms with Crippen LogP contribution in [0, 0.1) is 0 Å². The molecule has 0 bridgehead atoms. The highest BCUT2D eigenvalue weighted by atomic mass is 16.6. The maximum atomic E-state index is 5.36. The Balaban J connectivity index is 0.000000136. The number of benzene rings is 2. The average Bonchev–Trinajstić information content (AvgIpc) is 2.41. The highest BCUT2D eigenvalue weighted by Gasteiger charge is 2.01. The third kappa shape index (κ3) is 3.28. The predicted molar refractivity (Wildman–Crippen MR) is 70.1 cm³/mol. The van der Waals surface area contributed by atoms with Crippen molar-refractivity contribution in [2.24, 2.45) is 0 Å². The topological polar surface area (TPSA) is 47.3 Å². The molecule has 3 heteroatoms. The zero-order valence-corrected chi connectivity index (χ0v) is 9.34. The molecular weight excluding hydrogens is 212 g/mol. The van der Waals surface area contributed by atoms with E-state index in [1.807, 2.05) is 60.7 Å². The van der Waals surface area contributed by atoms with Gasteiger partial charge in [-0.15, -0.1) is 0 Å². The van der Waals surface area contributed by atoms with E-state index in [0.29, 0.717) is 0 Å². The molecule has 0 fully saturated rings. The van der Waals surface area contributed by atoms with E-state index >= 15 is 0 Å².